The summed E-state index contributed by atoms with van der Waals surface area (Å²) in [6.45, 7) is 7.00. The lowest BCUT2D eigenvalue weighted by Gasteiger charge is -2.27. The normalized spacial score (nSPS) is 11.5. The van der Waals surface area contributed by atoms with Crippen molar-refractivity contribution in [2.24, 2.45) is 0 Å². The monoisotopic (exact) mass is 403 g/mol. The third kappa shape index (κ3) is 3.89. The summed E-state index contributed by atoms with van der Waals surface area (Å²) in [5.74, 6) is 0.224. The first-order valence-electron chi connectivity index (χ1n) is 8.30. The van der Waals surface area contributed by atoms with E-state index in [9.17, 15) is 14.7 Å². The average Bonchev–Trinajstić information content (AvgIpc) is 2.96. The van der Waals surface area contributed by atoms with Crippen LogP contribution in [0.3, 0.4) is 0 Å². The number of carbonyl (C=O) groups is 2. The van der Waals surface area contributed by atoms with Gasteiger partial charge in [-0.05, 0) is 57.0 Å². The molecule has 0 unspecified atom stereocenters. The van der Waals surface area contributed by atoms with Crippen LogP contribution in [0.2, 0.25) is 5.28 Å². The van der Waals surface area contributed by atoms with Crippen LogP contribution in [0.25, 0.3) is 10.9 Å². The number of anilines is 2. The molecule has 0 saturated heterocycles. The summed E-state index contributed by atoms with van der Waals surface area (Å²) in [5, 5.41) is 13.6. The molecular formula is C18H18ClN5O4. The maximum Gasteiger partial charge on any atom is 0.432 e. The number of aryl methyl sites for hydroxylation is 1. The molecule has 3 aromatic rings. The highest BCUT2D eigenvalue weighted by Gasteiger charge is 2.28. The van der Waals surface area contributed by atoms with E-state index in [2.05, 4.69) is 15.1 Å². The van der Waals surface area contributed by atoms with Crippen molar-refractivity contribution in [1.29, 1.82) is 0 Å². The molecule has 146 valence electrons. The zero-order valence-corrected chi connectivity index (χ0v) is 16.4. The molecular weight excluding hydrogens is 386 g/mol. The molecule has 0 aliphatic heterocycles. The van der Waals surface area contributed by atoms with Crippen molar-refractivity contribution in [3.05, 3.63) is 41.4 Å². The Labute approximate surface area is 165 Å². The molecule has 3 rings (SSSR count). The third-order valence-corrected chi connectivity index (χ3v) is 3.91. The van der Waals surface area contributed by atoms with E-state index < -0.39 is 17.8 Å². The van der Waals surface area contributed by atoms with E-state index >= 15 is 0 Å². The van der Waals surface area contributed by atoms with Crippen molar-refractivity contribution in [2.45, 2.75) is 33.3 Å². The van der Waals surface area contributed by atoms with Crippen molar-refractivity contribution < 1.29 is 19.4 Å². The third-order valence-electron chi connectivity index (χ3n) is 3.72. The van der Waals surface area contributed by atoms with Gasteiger partial charge in [-0.1, -0.05) is 0 Å². The fourth-order valence-electron chi connectivity index (χ4n) is 2.63. The van der Waals surface area contributed by atoms with E-state index in [0.29, 0.717) is 22.2 Å². The highest BCUT2D eigenvalue weighted by atomic mass is 35.5. The molecule has 2 aromatic heterocycles. The van der Waals surface area contributed by atoms with Gasteiger partial charge in [0.05, 0.1) is 17.4 Å². The van der Waals surface area contributed by atoms with Gasteiger partial charge in [0.15, 0.2) is 0 Å². The van der Waals surface area contributed by atoms with E-state index in [1.54, 1.807) is 39.8 Å². The topological polar surface area (TPSA) is 110 Å². The van der Waals surface area contributed by atoms with Crippen molar-refractivity contribution in [2.75, 3.05) is 4.90 Å². The summed E-state index contributed by atoms with van der Waals surface area (Å²) in [5.41, 5.74) is 0.745. The van der Waals surface area contributed by atoms with Gasteiger partial charge in [-0.15, -0.1) is 0 Å². The van der Waals surface area contributed by atoms with Crippen LogP contribution in [0.5, 0.6) is 0 Å². The first-order chi connectivity index (χ1) is 13.1. The number of rotatable bonds is 2. The second-order valence-corrected chi connectivity index (χ2v) is 7.37. The summed E-state index contributed by atoms with van der Waals surface area (Å²) in [7, 11) is 0. The van der Waals surface area contributed by atoms with E-state index in [1.807, 2.05) is 0 Å². The molecule has 0 atom stereocenters. The first-order valence-corrected chi connectivity index (χ1v) is 8.68. The quantitative estimate of drug-likeness (QED) is 0.631. The molecule has 9 nitrogen and oxygen atoms in total. The number of halogens is 1. The highest BCUT2D eigenvalue weighted by Crippen LogP contribution is 2.33. The lowest BCUT2D eigenvalue weighted by Crippen LogP contribution is -2.34. The minimum atomic E-state index is -1.20. The van der Waals surface area contributed by atoms with Crippen LogP contribution in [0, 0.1) is 6.92 Å². The Bertz CT molecular complexity index is 1070. The molecule has 1 N–H and O–H groups in total. The molecule has 0 saturated carbocycles. The standard InChI is InChI=1S/C18H18ClN5O4/c1-10-7-13-11(9-21-24(13)16(25)26)8-12(10)23(17(27)28-18(2,3)4)14-5-6-20-15(19)22-14/h5-9H,1-4H3,(H,25,26). The number of fused-ring (bicyclic) bond motifs is 1. The predicted octanol–water partition coefficient (Wildman–Crippen LogP) is 4.39. The van der Waals surface area contributed by atoms with E-state index in [0.717, 1.165) is 4.68 Å². The summed E-state index contributed by atoms with van der Waals surface area (Å²) >= 11 is 5.91. The van der Waals surface area contributed by atoms with Gasteiger partial charge in [0.1, 0.15) is 11.4 Å². The van der Waals surface area contributed by atoms with Gasteiger partial charge >= 0.3 is 12.2 Å². The molecule has 28 heavy (non-hydrogen) atoms. The Balaban J connectivity index is 2.18. The van der Waals surface area contributed by atoms with Crippen molar-refractivity contribution >= 4 is 46.2 Å². The van der Waals surface area contributed by atoms with E-state index in [4.69, 9.17) is 16.3 Å². The summed E-state index contributed by atoms with van der Waals surface area (Å²) in [6.07, 6.45) is 0.981. The number of carbonyl (C=O) groups excluding carboxylic acids is 1. The summed E-state index contributed by atoms with van der Waals surface area (Å²) < 4.78 is 6.39. The molecule has 0 fully saturated rings. The van der Waals surface area contributed by atoms with E-state index in [-0.39, 0.29) is 11.1 Å². The van der Waals surface area contributed by atoms with Crippen LogP contribution in [-0.4, -0.2) is 42.6 Å². The minimum absolute atomic E-state index is 0.0245. The van der Waals surface area contributed by atoms with Gasteiger partial charge in [0.25, 0.3) is 0 Å². The molecule has 1 aromatic carbocycles. The maximum atomic E-state index is 13.0. The Morgan fingerprint density at radius 3 is 2.61 bits per heavy atom. The maximum absolute atomic E-state index is 13.0. The van der Waals surface area contributed by atoms with Crippen LogP contribution in [0.1, 0.15) is 26.3 Å². The Morgan fingerprint density at radius 2 is 2.00 bits per heavy atom. The molecule has 0 aliphatic rings. The number of hydrogen-bond donors (Lipinski definition) is 1. The highest BCUT2D eigenvalue weighted by molar-refractivity contribution is 6.28. The second-order valence-electron chi connectivity index (χ2n) is 7.04. The second kappa shape index (κ2) is 7.08. The van der Waals surface area contributed by atoms with E-state index in [1.165, 1.54) is 23.4 Å². The number of benzene rings is 1. The lowest BCUT2D eigenvalue weighted by molar-refractivity contribution is 0.0598. The van der Waals surface area contributed by atoms with Crippen LogP contribution in [0.15, 0.2) is 30.6 Å². The lowest BCUT2D eigenvalue weighted by atomic mass is 10.1. The van der Waals surface area contributed by atoms with Gasteiger partial charge in [0, 0.05) is 17.6 Å². The zero-order chi connectivity index (χ0) is 20.6. The Hall–Kier alpha value is -3.20. The molecule has 0 spiro atoms. The van der Waals surface area contributed by atoms with Crippen LogP contribution >= 0.6 is 11.6 Å². The van der Waals surface area contributed by atoms with Crippen molar-refractivity contribution in [3.63, 3.8) is 0 Å². The van der Waals surface area contributed by atoms with Gasteiger partial charge in [-0.3, -0.25) is 0 Å². The largest absolute Gasteiger partial charge is 0.463 e. The number of hydrogen-bond acceptors (Lipinski definition) is 6. The van der Waals surface area contributed by atoms with Gasteiger partial charge in [-0.25, -0.2) is 19.5 Å². The van der Waals surface area contributed by atoms with Crippen LogP contribution in [0.4, 0.5) is 21.1 Å². The number of aromatic nitrogens is 4. The molecule has 0 aliphatic carbocycles. The summed E-state index contributed by atoms with van der Waals surface area (Å²) in [4.78, 5) is 33.5. The van der Waals surface area contributed by atoms with Crippen LogP contribution in [-0.2, 0) is 4.74 Å². The number of ether oxygens (including phenoxy) is 1. The smallest absolute Gasteiger partial charge is 0.432 e. The Morgan fingerprint density at radius 1 is 1.29 bits per heavy atom. The van der Waals surface area contributed by atoms with Crippen molar-refractivity contribution in [1.82, 2.24) is 19.7 Å². The molecule has 10 heteroatoms. The molecule has 0 bridgehead atoms. The number of nitrogens with zero attached hydrogens (tertiary/aromatic N) is 5. The first kappa shape index (κ1) is 19.6. The average molecular weight is 404 g/mol. The minimum Gasteiger partial charge on any atom is -0.463 e. The fraction of sp³-hybridized carbons (Fsp3) is 0.278. The summed E-state index contributed by atoms with van der Waals surface area (Å²) in [6, 6.07) is 4.81. The van der Waals surface area contributed by atoms with Gasteiger partial charge < -0.3 is 9.84 Å². The molecule has 2 heterocycles. The van der Waals surface area contributed by atoms with Crippen LogP contribution < -0.4 is 4.90 Å². The molecule has 0 radical (unpaired) electrons. The molecule has 1 amide bonds. The number of carboxylic acid groups (broad SMARTS) is 1. The van der Waals surface area contributed by atoms with Crippen molar-refractivity contribution in [3.8, 4) is 0 Å². The van der Waals surface area contributed by atoms with Gasteiger partial charge in [0.2, 0.25) is 5.28 Å². The predicted molar refractivity (Wildman–Crippen MR) is 103 cm³/mol. The fourth-order valence-corrected chi connectivity index (χ4v) is 2.78. The zero-order valence-electron chi connectivity index (χ0n) is 15.7. The number of amides is 1. The van der Waals surface area contributed by atoms with Gasteiger partial charge in [-0.2, -0.15) is 14.8 Å². The Kier molecular flexibility index (Phi) is 4.95. The SMILES string of the molecule is Cc1cc2c(cnn2C(=O)O)cc1N(C(=O)OC(C)(C)C)c1ccnc(Cl)n1.